The number of pyridine rings is 1. The first-order valence-electron chi connectivity index (χ1n) is 12.5. The normalized spacial score (nSPS) is 16.7. The third-order valence-electron chi connectivity index (χ3n) is 6.72. The Morgan fingerprint density at radius 3 is 2.58 bits per heavy atom. The quantitative estimate of drug-likeness (QED) is 0.457. The standard InChI is InChI=1S/C27H29N5O5S/c1-17(2)12-15-32-21-11-7-6-10-19(21)24(33)23(26(32)34)25-29-20-13-14-31(16-22(20)38(36,37)30-25)27(35)28-18-8-4-3-5-9-18/h3-11,17,33H,12-16H2,1-2H3,(H,28,35)(H,29,30). The van der Waals surface area contributed by atoms with Gasteiger partial charge in [0.25, 0.3) is 15.6 Å². The van der Waals surface area contributed by atoms with E-state index >= 15 is 0 Å². The van der Waals surface area contributed by atoms with Crippen molar-refractivity contribution in [1.82, 2.24) is 14.8 Å². The number of nitrogens with one attached hydrogen (secondary N) is 2. The summed E-state index contributed by atoms with van der Waals surface area (Å²) < 4.78 is 32.0. The maximum absolute atomic E-state index is 13.6. The van der Waals surface area contributed by atoms with Crippen molar-refractivity contribution in [2.75, 3.05) is 18.4 Å². The Balaban J connectivity index is 1.49. The number of para-hydroxylation sites is 2. The van der Waals surface area contributed by atoms with Crippen LogP contribution in [0.4, 0.5) is 10.5 Å². The first-order valence-corrected chi connectivity index (χ1v) is 13.9. The molecule has 11 heteroatoms. The van der Waals surface area contributed by atoms with Crippen molar-refractivity contribution >= 4 is 38.5 Å². The number of aromatic nitrogens is 1. The van der Waals surface area contributed by atoms with Gasteiger partial charge in [-0.3, -0.25) is 4.79 Å². The largest absolute Gasteiger partial charge is 0.506 e. The van der Waals surface area contributed by atoms with E-state index in [-0.39, 0.29) is 41.6 Å². The third kappa shape index (κ3) is 4.76. The smallest absolute Gasteiger partial charge is 0.322 e. The molecule has 0 atom stereocenters. The van der Waals surface area contributed by atoms with Crippen LogP contribution >= 0.6 is 0 Å². The number of amides is 2. The molecule has 0 saturated heterocycles. The second-order valence-electron chi connectivity index (χ2n) is 9.79. The van der Waals surface area contributed by atoms with E-state index in [1.807, 2.05) is 19.9 Å². The molecule has 0 fully saturated rings. The van der Waals surface area contributed by atoms with Crippen molar-refractivity contribution in [3.8, 4) is 5.75 Å². The van der Waals surface area contributed by atoms with Crippen molar-refractivity contribution in [3.05, 3.63) is 81.1 Å². The summed E-state index contributed by atoms with van der Waals surface area (Å²) in [6.07, 6.45) is 0.939. The van der Waals surface area contributed by atoms with Gasteiger partial charge < -0.3 is 25.2 Å². The van der Waals surface area contributed by atoms with Crippen LogP contribution in [0.2, 0.25) is 0 Å². The Kier molecular flexibility index (Phi) is 6.70. The molecule has 1 aromatic heterocycles. The van der Waals surface area contributed by atoms with Gasteiger partial charge in [0, 0.05) is 36.3 Å². The molecule has 0 spiro atoms. The monoisotopic (exact) mass is 535 g/mol. The zero-order chi connectivity index (χ0) is 27.0. The summed E-state index contributed by atoms with van der Waals surface area (Å²) in [5.41, 5.74) is 0.817. The summed E-state index contributed by atoms with van der Waals surface area (Å²) in [5, 5.41) is 17.3. The van der Waals surface area contributed by atoms with Crippen molar-refractivity contribution in [3.63, 3.8) is 0 Å². The zero-order valence-corrected chi connectivity index (χ0v) is 22.0. The number of fused-ring (bicyclic) bond motifs is 1. The van der Waals surface area contributed by atoms with Crippen LogP contribution in [0.15, 0.2) is 74.4 Å². The third-order valence-corrected chi connectivity index (χ3v) is 8.14. The first-order chi connectivity index (χ1) is 18.2. The van der Waals surface area contributed by atoms with E-state index in [9.17, 15) is 23.1 Å². The summed E-state index contributed by atoms with van der Waals surface area (Å²) in [7, 11) is -4.22. The maximum atomic E-state index is 13.6. The van der Waals surface area contributed by atoms with Crippen molar-refractivity contribution in [2.45, 2.75) is 33.2 Å². The molecule has 0 saturated carbocycles. The molecule has 3 aromatic rings. The minimum Gasteiger partial charge on any atom is -0.506 e. The minimum absolute atomic E-state index is 0.0314. The molecule has 38 heavy (non-hydrogen) atoms. The molecule has 198 valence electrons. The fourth-order valence-electron chi connectivity index (χ4n) is 4.66. The van der Waals surface area contributed by atoms with E-state index in [4.69, 9.17) is 0 Å². The molecule has 3 heterocycles. The lowest BCUT2D eigenvalue weighted by Gasteiger charge is -2.32. The lowest BCUT2D eigenvalue weighted by molar-refractivity contribution is 0.214. The number of hydrogen-bond acceptors (Lipinski definition) is 6. The number of carbonyl (C=O) groups is 1. The van der Waals surface area contributed by atoms with Gasteiger partial charge >= 0.3 is 6.03 Å². The molecule has 2 aromatic carbocycles. The lowest BCUT2D eigenvalue weighted by atomic mass is 10.1. The van der Waals surface area contributed by atoms with Gasteiger partial charge in [-0.15, -0.1) is 4.40 Å². The van der Waals surface area contributed by atoms with E-state index in [1.165, 1.54) is 4.90 Å². The van der Waals surface area contributed by atoms with Crippen LogP contribution in [-0.4, -0.2) is 47.9 Å². The molecule has 0 aliphatic carbocycles. The zero-order valence-electron chi connectivity index (χ0n) is 21.1. The highest BCUT2D eigenvalue weighted by molar-refractivity contribution is 7.94. The van der Waals surface area contributed by atoms with Gasteiger partial charge in [-0.25, -0.2) is 4.79 Å². The van der Waals surface area contributed by atoms with Crippen molar-refractivity contribution in [2.24, 2.45) is 10.3 Å². The van der Waals surface area contributed by atoms with Crippen molar-refractivity contribution in [1.29, 1.82) is 0 Å². The van der Waals surface area contributed by atoms with Gasteiger partial charge in [0.15, 0.2) is 5.84 Å². The van der Waals surface area contributed by atoms with Crippen LogP contribution in [0.1, 0.15) is 32.3 Å². The van der Waals surface area contributed by atoms with Crippen molar-refractivity contribution < 1.29 is 18.3 Å². The molecule has 2 aliphatic rings. The molecule has 2 amide bonds. The van der Waals surface area contributed by atoms with E-state index in [0.29, 0.717) is 34.8 Å². The lowest BCUT2D eigenvalue weighted by Crippen LogP contribution is -2.46. The second kappa shape index (κ2) is 9.97. The van der Waals surface area contributed by atoms with Crippen LogP contribution in [-0.2, 0) is 16.6 Å². The fourth-order valence-corrected chi connectivity index (χ4v) is 5.93. The van der Waals surface area contributed by atoms with Gasteiger partial charge in [-0.2, -0.15) is 8.42 Å². The second-order valence-corrected chi connectivity index (χ2v) is 11.4. The molecular weight excluding hydrogens is 506 g/mol. The van der Waals surface area contributed by atoms with Crippen LogP contribution in [0.5, 0.6) is 5.75 Å². The Hall–Kier alpha value is -4.12. The average molecular weight is 536 g/mol. The number of aromatic hydroxyl groups is 1. The average Bonchev–Trinajstić information content (AvgIpc) is 2.88. The maximum Gasteiger partial charge on any atom is 0.322 e. The van der Waals surface area contributed by atoms with Gasteiger partial charge in [-0.05, 0) is 36.6 Å². The topological polar surface area (TPSA) is 133 Å². The Labute approximate surface area is 220 Å². The Morgan fingerprint density at radius 1 is 1.13 bits per heavy atom. The molecule has 2 aliphatic heterocycles. The number of nitrogens with zero attached hydrogens (tertiary/aromatic N) is 3. The number of anilines is 1. The number of rotatable bonds is 5. The summed E-state index contributed by atoms with van der Waals surface area (Å²) >= 11 is 0. The van der Waals surface area contributed by atoms with Gasteiger partial charge in [0.1, 0.15) is 16.2 Å². The highest BCUT2D eigenvalue weighted by Crippen LogP contribution is 2.31. The highest BCUT2D eigenvalue weighted by Gasteiger charge is 2.36. The predicted octanol–water partition coefficient (Wildman–Crippen LogP) is 3.58. The summed E-state index contributed by atoms with van der Waals surface area (Å²) in [5.74, 6) is -0.200. The molecule has 5 rings (SSSR count). The van der Waals surface area contributed by atoms with Gasteiger partial charge in [0.05, 0.1) is 12.1 Å². The fraction of sp³-hybridized carbons (Fsp3) is 0.296. The summed E-state index contributed by atoms with van der Waals surface area (Å²) in [6.45, 7) is 4.60. The Morgan fingerprint density at radius 2 is 1.84 bits per heavy atom. The van der Waals surface area contributed by atoms with Gasteiger partial charge in [0.2, 0.25) is 0 Å². The van der Waals surface area contributed by atoms with Gasteiger partial charge in [-0.1, -0.05) is 44.2 Å². The molecule has 0 bridgehead atoms. The number of benzene rings is 2. The van der Waals surface area contributed by atoms with Crippen LogP contribution in [0.25, 0.3) is 10.9 Å². The number of hydrogen-bond donors (Lipinski definition) is 3. The Bertz CT molecular complexity index is 1640. The SMILES string of the molecule is CC(C)CCn1c(=O)c(C2=NS(=O)(=O)C3=C(CCN(C(=O)Nc4ccccc4)C3)N2)c(O)c2ccccc21. The number of sulfonamides is 1. The van der Waals surface area contributed by atoms with Crippen LogP contribution < -0.4 is 16.2 Å². The molecule has 3 N–H and O–H groups in total. The number of carbonyl (C=O) groups excluding carboxylic acids is 1. The number of amidine groups is 1. The number of urea groups is 1. The molecule has 10 nitrogen and oxygen atoms in total. The van der Waals surface area contributed by atoms with E-state index < -0.39 is 21.6 Å². The van der Waals surface area contributed by atoms with Crippen LogP contribution in [0.3, 0.4) is 0 Å². The van der Waals surface area contributed by atoms with E-state index in [2.05, 4.69) is 15.0 Å². The molecule has 0 radical (unpaired) electrons. The summed E-state index contributed by atoms with van der Waals surface area (Å²) in [4.78, 5) is 27.7. The van der Waals surface area contributed by atoms with E-state index in [0.717, 1.165) is 6.42 Å². The van der Waals surface area contributed by atoms with E-state index in [1.54, 1.807) is 53.1 Å². The predicted molar refractivity (Wildman–Crippen MR) is 147 cm³/mol. The summed E-state index contributed by atoms with van der Waals surface area (Å²) in [6, 6.07) is 15.4. The first kappa shape index (κ1) is 25.5. The highest BCUT2D eigenvalue weighted by atomic mass is 32.2. The molecule has 0 unspecified atom stereocenters. The number of aryl methyl sites for hydroxylation is 1. The minimum atomic E-state index is -4.22. The molecular formula is C27H29N5O5S. The van der Waals surface area contributed by atoms with Crippen LogP contribution in [0, 0.1) is 5.92 Å².